The van der Waals surface area contributed by atoms with E-state index >= 15 is 0 Å². The second-order valence-electron chi connectivity index (χ2n) is 4.08. The van der Waals surface area contributed by atoms with Gasteiger partial charge in [0, 0.05) is 6.04 Å². The highest BCUT2D eigenvalue weighted by molar-refractivity contribution is 5.78. The van der Waals surface area contributed by atoms with Crippen LogP contribution in [0, 0.1) is 18.3 Å². The van der Waals surface area contributed by atoms with Crippen LogP contribution in [0.2, 0.25) is 0 Å². The van der Waals surface area contributed by atoms with Gasteiger partial charge in [0.1, 0.15) is 5.82 Å². The lowest BCUT2D eigenvalue weighted by atomic mass is 10.2. The van der Waals surface area contributed by atoms with Gasteiger partial charge in [-0.3, -0.25) is 0 Å². The zero-order valence-electron chi connectivity index (χ0n) is 8.57. The van der Waals surface area contributed by atoms with Crippen LogP contribution in [0.4, 0.5) is 0 Å². The molecule has 0 radical (unpaired) electrons. The number of imidazole rings is 1. The van der Waals surface area contributed by atoms with Crippen LogP contribution in [0.1, 0.15) is 30.3 Å². The van der Waals surface area contributed by atoms with Crippen molar-refractivity contribution in [2.75, 3.05) is 0 Å². The number of fused-ring (bicyclic) bond motifs is 1. The molecular formula is C12H11N3. The summed E-state index contributed by atoms with van der Waals surface area (Å²) < 4.78 is 2.29. The second kappa shape index (κ2) is 2.83. The summed E-state index contributed by atoms with van der Waals surface area (Å²) in [5, 5.41) is 8.81. The van der Waals surface area contributed by atoms with Crippen LogP contribution >= 0.6 is 0 Å². The van der Waals surface area contributed by atoms with Crippen LogP contribution in [-0.2, 0) is 0 Å². The lowest BCUT2D eigenvalue weighted by Crippen LogP contribution is -1.95. The molecule has 1 fully saturated rings. The Morgan fingerprint density at radius 3 is 2.93 bits per heavy atom. The SMILES string of the molecule is Cc1nc2cc(C#N)ccc2n1C1CC1. The van der Waals surface area contributed by atoms with Gasteiger partial charge in [0.2, 0.25) is 0 Å². The van der Waals surface area contributed by atoms with Gasteiger partial charge in [-0.05, 0) is 38.0 Å². The summed E-state index contributed by atoms with van der Waals surface area (Å²) in [4.78, 5) is 4.49. The first kappa shape index (κ1) is 8.49. The van der Waals surface area contributed by atoms with E-state index in [1.54, 1.807) is 0 Å². The van der Waals surface area contributed by atoms with Gasteiger partial charge in [0.25, 0.3) is 0 Å². The van der Waals surface area contributed by atoms with Crippen LogP contribution < -0.4 is 0 Å². The van der Waals surface area contributed by atoms with E-state index in [2.05, 4.69) is 15.6 Å². The first-order valence-corrected chi connectivity index (χ1v) is 5.18. The van der Waals surface area contributed by atoms with Crippen molar-refractivity contribution in [1.82, 2.24) is 9.55 Å². The van der Waals surface area contributed by atoms with E-state index in [9.17, 15) is 0 Å². The summed E-state index contributed by atoms with van der Waals surface area (Å²) in [5.41, 5.74) is 2.79. The second-order valence-corrected chi connectivity index (χ2v) is 4.08. The number of rotatable bonds is 1. The van der Waals surface area contributed by atoms with Gasteiger partial charge in [-0.15, -0.1) is 0 Å². The Kier molecular flexibility index (Phi) is 1.60. The average Bonchev–Trinajstić information content (AvgIpc) is 3.00. The minimum atomic E-state index is 0.642. The van der Waals surface area contributed by atoms with Crippen LogP contribution in [0.15, 0.2) is 18.2 Å². The van der Waals surface area contributed by atoms with Gasteiger partial charge >= 0.3 is 0 Å². The summed E-state index contributed by atoms with van der Waals surface area (Å²) in [7, 11) is 0. The summed E-state index contributed by atoms with van der Waals surface area (Å²) in [6, 6.07) is 8.52. The largest absolute Gasteiger partial charge is 0.325 e. The maximum atomic E-state index is 8.81. The van der Waals surface area contributed by atoms with E-state index in [4.69, 9.17) is 5.26 Å². The molecule has 0 aliphatic heterocycles. The van der Waals surface area contributed by atoms with Gasteiger partial charge in [-0.25, -0.2) is 4.98 Å². The standard InChI is InChI=1S/C12H11N3/c1-8-14-11-6-9(7-13)2-5-12(11)15(8)10-3-4-10/h2,5-6,10H,3-4H2,1H3. The quantitative estimate of drug-likeness (QED) is 0.705. The number of benzene rings is 1. The fourth-order valence-electron chi connectivity index (χ4n) is 2.08. The molecule has 3 heteroatoms. The highest BCUT2D eigenvalue weighted by Gasteiger charge is 2.26. The molecule has 0 amide bonds. The molecule has 1 heterocycles. The third-order valence-corrected chi connectivity index (χ3v) is 2.91. The van der Waals surface area contributed by atoms with Crippen molar-refractivity contribution in [1.29, 1.82) is 5.26 Å². The Labute approximate surface area is 88.0 Å². The summed E-state index contributed by atoms with van der Waals surface area (Å²) in [6.07, 6.45) is 2.51. The average molecular weight is 197 g/mol. The minimum Gasteiger partial charge on any atom is -0.325 e. The number of nitriles is 1. The summed E-state index contributed by atoms with van der Waals surface area (Å²) in [5.74, 6) is 1.06. The van der Waals surface area contributed by atoms with Crippen molar-refractivity contribution in [3.8, 4) is 6.07 Å². The molecule has 1 saturated carbocycles. The lowest BCUT2D eigenvalue weighted by Gasteiger charge is -2.02. The Morgan fingerprint density at radius 1 is 1.47 bits per heavy atom. The van der Waals surface area contributed by atoms with Gasteiger partial charge in [-0.2, -0.15) is 5.26 Å². The fraction of sp³-hybridized carbons (Fsp3) is 0.333. The van der Waals surface area contributed by atoms with Crippen molar-refractivity contribution in [2.45, 2.75) is 25.8 Å². The van der Waals surface area contributed by atoms with Gasteiger partial charge in [-0.1, -0.05) is 0 Å². The molecule has 1 aliphatic carbocycles. The highest BCUT2D eigenvalue weighted by atomic mass is 15.1. The van der Waals surface area contributed by atoms with Crippen LogP contribution in [0.5, 0.6) is 0 Å². The predicted octanol–water partition coefficient (Wildman–Crippen LogP) is 2.55. The van der Waals surface area contributed by atoms with Crippen molar-refractivity contribution < 1.29 is 0 Å². The molecule has 0 atom stereocenters. The molecule has 0 spiro atoms. The summed E-state index contributed by atoms with van der Waals surface area (Å²) >= 11 is 0. The van der Waals surface area contributed by atoms with Gasteiger partial charge in [0.15, 0.2) is 0 Å². The Hall–Kier alpha value is -1.82. The van der Waals surface area contributed by atoms with Crippen molar-refractivity contribution >= 4 is 11.0 Å². The molecular weight excluding hydrogens is 186 g/mol. The zero-order chi connectivity index (χ0) is 10.4. The summed E-state index contributed by atoms with van der Waals surface area (Å²) in [6.45, 7) is 2.03. The topological polar surface area (TPSA) is 41.6 Å². The van der Waals surface area contributed by atoms with E-state index in [0.29, 0.717) is 11.6 Å². The molecule has 1 aromatic heterocycles. The molecule has 0 unspecified atom stereocenters. The van der Waals surface area contributed by atoms with Crippen LogP contribution in [0.25, 0.3) is 11.0 Å². The Bertz CT molecular complexity index is 570. The van der Waals surface area contributed by atoms with Crippen LogP contribution in [0.3, 0.4) is 0 Å². The number of nitrogens with zero attached hydrogens (tertiary/aromatic N) is 3. The molecule has 0 bridgehead atoms. The third kappa shape index (κ3) is 1.22. The number of aromatic nitrogens is 2. The van der Waals surface area contributed by atoms with Crippen molar-refractivity contribution in [3.63, 3.8) is 0 Å². The van der Waals surface area contributed by atoms with Crippen LogP contribution in [-0.4, -0.2) is 9.55 Å². The van der Waals surface area contributed by atoms with Crippen molar-refractivity contribution in [2.24, 2.45) is 0 Å². The number of hydrogen-bond acceptors (Lipinski definition) is 2. The molecule has 1 aromatic carbocycles. The monoisotopic (exact) mass is 197 g/mol. The zero-order valence-corrected chi connectivity index (χ0v) is 8.57. The van der Waals surface area contributed by atoms with E-state index in [-0.39, 0.29) is 0 Å². The predicted molar refractivity (Wildman–Crippen MR) is 57.5 cm³/mol. The van der Waals surface area contributed by atoms with Gasteiger partial charge in [0.05, 0.1) is 22.7 Å². The highest BCUT2D eigenvalue weighted by Crippen LogP contribution is 2.38. The first-order valence-electron chi connectivity index (χ1n) is 5.18. The molecule has 3 nitrogen and oxygen atoms in total. The fourth-order valence-corrected chi connectivity index (χ4v) is 2.08. The molecule has 0 saturated heterocycles. The molecule has 1 aliphatic rings. The first-order chi connectivity index (χ1) is 7.29. The maximum absolute atomic E-state index is 8.81. The van der Waals surface area contributed by atoms with E-state index < -0.39 is 0 Å². The Balaban J connectivity index is 2.28. The van der Waals surface area contributed by atoms with E-state index in [0.717, 1.165) is 16.9 Å². The molecule has 74 valence electrons. The number of aryl methyl sites for hydroxylation is 1. The molecule has 2 aromatic rings. The smallest absolute Gasteiger partial charge is 0.106 e. The Morgan fingerprint density at radius 2 is 2.27 bits per heavy atom. The molecule has 0 N–H and O–H groups in total. The normalized spacial score (nSPS) is 15.5. The lowest BCUT2D eigenvalue weighted by molar-refractivity contribution is 0.734. The van der Waals surface area contributed by atoms with Gasteiger partial charge < -0.3 is 4.57 Å². The van der Waals surface area contributed by atoms with E-state index in [1.807, 2.05) is 25.1 Å². The maximum Gasteiger partial charge on any atom is 0.106 e. The number of hydrogen-bond donors (Lipinski definition) is 0. The van der Waals surface area contributed by atoms with Crippen molar-refractivity contribution in [3.05, 3.63) is 29.6 Å². The molecule has 15 heavy (non-hydrogen) atoms. The third-order valence-electron chi connectivity index (χ3n) is 2.91. The molecule has 3 rings (SSSR count). The minimum absolute atomic E-state index is 0.642. The van der Waals surface area contributed by atoms with E-state index in [1.165, 1.54) is 12.8 Å².